The number of carbonyl (C=O) groups excluding carboxylic acids is 1. The second kappa shape index (κ2) is 10.9. The van der Waals surface area contributed by atoms with Gasteiger partial charge in [0.15, 0.2) is 0 Å². The predicted molar refractivity (Wildman–Crippen MR) is 120 cm³/mol. The number of hydrogen-bond acceptors (Lipinski definition) is 6. The highest BCUT2D eigenvalue weighted by molar-refractivity contribution is 9.10. The number of guanidine groups is 1. The molecular formula is C18H23BrN6O5S. The lowest BCUT2D eigenvalue weighted by Crippen LogP contribution is -2.37. The summed E-state index contributed by atoms with van der Waals surface area (Å²) in [6.45, 7) is 1.50. The van der Waals surface area contributed by atoms with Crippen molar-refractivity contribution in [3.63, 3.8) is 0 Å². The average Bonchev–Trinajstić information content (AvgIpc) is 2.68. The number of halogens is 1. The first kappa shape index (κ1) is 24.4. The number of amides is 1. The van der Waals surface area contributed by atoms with E-state index in [1.807, 2.05) is 0 Å². The number of nitrogens with zero attached hydrogens (tertiary/aromatic N) is 1. The summed E-state index contributed by atoms with van der Waals surface area (Å²) >= 11 is 3.30. The van der Waals surface area contributed by atoms with Gasteiger partial charge < -0.3 is 15.6 Å². The maximum Gasteiger partial charge on any atom is 0.275 e. The summed E-state index contributed by atoms with van der Waals surface area (Å²) in [6.07, 6.45) is 0. The Morgan fingerprint density at radius 3 is 2.65 bits per heavy atom. The summed E-state index contributed by atoms with van der Waals surface area (Å²) in [5.74, 6) is -1.16. The van der Waals surface area contributed by atoms with Crippen LogP contribution in [0.25, 0.3) is 0 Å². The molecule has 0 bridgehead atoms. The fourth-order valence-electron chi connectivity index (χ4n) is 2.54. The second-order valence-corrected chi connectivity index (χ2v) is 9.02. The molecule has 0 aliphatic heterocycles. The van der Waals surface area contributed by atoms with Crippen molar-refractivity contribution in [3.05, 3.63) is 62.5 Å². The number of benzene rings is 1. The van der Waals surface area contributed by atoms with Crippen LogP contribution in [-0.4, -0.2) is 38.0 Å². The van der Waals surface area contributed by atoms with Gasteiger partial charge in [-0.25, -0.2) is 13.9 Å². The molecule has 1 heterocycles. The third-order valence-electron chi connectivity index (χ3n) is 3.97. The Morgan fingerprint density at radius 1 is 1.26 bits per heavy atom. The Bertz CT molecular complexity index is 1120. The number of nitrogens with one attached hydrogen (secondary N) is 4. The van der Waals surface area contributed by atoms with Gasteiger partial charge in [-0.05, 0) is 30.7 Å². The van der Waals surface area contributed by atoms with Gasteiger partial charge in [-0.3, -0.25) is 24.6 Å². The molecule has 0 fully saturated rings. The summed E-state index contributed by atoms with van der Waals surface area (Å²) in [7, 11) is -3.86. The zero-order valence-corrected chi connectivity index (χ0v) is 19.0. The van der Waals surface area contributed by atoms with Crippen LogP contribution in [0.1, 0.15) is 11.3 Å². The maximum absolute atomic E-state index is 12.7. The van der Waals surface area contributed by atoms with E-state index in [1.165, 1.54) is 10.6 Å². The number of hydroxylamine groups is 1. The van der Waals surface area contributed by atoms with Crippen molar-refractivity contribution in [1.29, 1.82) is 5.41 Å². The first-order valence-corrected chi connectivity index (χ1v) is 11.5. The molecule has 168 valence electrons. The molecule has 1 amide bonds. The topological polar surface area (TPSA) is 168 Å². The van der Waals surface area contributed by atoms with E-state index in [0.717, 1.165) is 0 Å². The van der Waals surface area contributed by atoms with E-state index >= 15 is 0 Å². The molecule has 6 N–H and O–H groups in total. The lowest BCUT2D eigenvalue weighted by molar-refractivity contribution is -0.122. The number of hydrogen-bond donors (Lipinski definition) is 5. The maximum atomic E-state index is 12.7. The normalized spacial score (nSPS) is 11.0. The van der Waals surface area contributed by atoms with Crippen molar-refractivity contribution in [2.75, 3.05) is 17.9 Å². The minimum absolute atomic E-state index is 0.0497. The zero-order valence-electron chi connectivity index (χ0n) is 16.6. The summed E-state index contributed by atoms with van der Waals surface area (Å²) in [5.41, 5.74) is 7.41. The minimum atomic E-state index is -3.86. The van der Waals surface area contributed by atoms with Crippen molar-refractivity contribution in [2.45, 2.75) is 19.2 Å². The second-order valence-electron chi connectivity index (χ2n) is 6.45. The molecule has 1 aromatic heterocycles. The van der Waals surface area contributed by atoms with Gasteiger partial charge in [0.25, 0.3) is 5.56 Å². The minimum Gasteiger partial charge on any atom is -0.368 e. The van der Waals surface area contributed by atoms with Gasteiger partial charge in [0.2, 0.25) is 21.9 Å². The Hall–Kier alpha value is -2.90. The molecule has 0 saturated heterocycles. The van der Waals surface area contributed by atoms with Gasteiger partial charge in [-0.2, -0.15) is 0 Å². The fraction of sp³-hybridized carbons (Fsp3) is 0.278. The Labute approximate surface area is 187 Å². The number of rotatable bonds is 10. The molecule has 1 aromatic carbocycles. The summed E-state index contributed by atoms with van der Waals surface area (Å²) in [5, 5.41) is 9.48. The molecule has 2 aromatic rings. The van der Waals surface area contributed by atoms with Gasteiger partial charge in [0.1, 0.15) is 12.2 Å². The highest BCUT2D eigenvalue weighted by Gasteiger charge is 2.17. The van der Waals surface area contributed by atoms with Crippen LogP contribution in [0.5, 0.6) is 0 Å². The summed E-state index contributed by atoms with van der Waals surface area (Å²) in [6, 6.07) is 9.79. The van der Waals surface area contributed by atoms with E-state index in [1.54, 1.807) is 37.3 Å². The molecule has 31 heavy (non-hydrogen) atoms. The number of nitrogens with two attached hydrogens (primary N) is 1. The number of pyridine rings is 1. The number of anilines is 1. The van der Waals surface area contributed by atoms with Crippen LogP contribution in [0.2, 0.25) is 0 Å². The van der Waals surface area contributed by atoms with Crippen molar-refractivity contribution in [2.24, 2.45) is 5.73 Å². The first-order chi connectivity index (χ1) is 14.6. The van der Waals surface area contributed by atoms with E-state index in [0.29, 0.717) is 15.7 Å². The number of carbonyl (C=O) groups is 1. The molecule has 0 radical (unpaired) electrons. The van der Waals surface area contributed by atoms with Crippen LogP contribution in [0.15, 0.2) is 45.7 Å². The lowest BCUT2D eigenvalue weighted by Gasteiger charge is -2.14. The number of sulfonamides is 1. The molecule has 0 unspecified atom stereocenters. The van der Waals surface area contributed by atoms with Crippen molar-refractivity contribution >= 4 is 43.5 Å². The van der Waals surface area contributed by atoms with E-state index in [2.05, 4.69) is 31.4 Å². The first-order valence-electron chi connectivity index (χ1n) is 9.02. The lowest BCUT2D eigenvalue weighted by atomic mass is 10.2. The quantitative estimate of drug-likeness (QED) is 0.132. The van der Waals surface area contributed by atoms with Crippen LogP contribution < -0.4 is 26.8 Å². The third kappa shape index (κ3) is 7.70. The highest BCUT2D eigenvalue weighted by atomic mass is 79.9. The SMILES string of the molecule is Cc1ccc(NS(=O)(=O)Cc2ccccc2Br)c(=O)n1CC(=O)NCCONC(=N)N. The Balaban J connectivity index is 2.06. The van der Waals surface area contributed by atoms with Gasteiger partial charge in [-0.1, -0.05) is 34.1 Å². The van der Waals surface area contributed by atoms with Crippen LogP contribution >= 0.6 is 15.9 Å². The third-order valence-corrected chi connectivity index (χ3v) is 5.97. The Morgan fingerprint density at radius 2 is 1.97 bits per heavy atom. The monoisotopic (exact) mass is 514 g/mol. The predicted octanol–water partition coefficient (Wildman–Crippen LogP) is 0.392. The van der Waals surface area contributed by atoms with E-state index in [9.17, 15) is 18.0 Å². The van der Waals surface area contributed by atoms with Gasteiger partial charge in [0, 0.05) is 16.7 Å². The summed E-state index contributed by atoms with van der Waals surface area (Å²) in [4.78, 5) is 29.7. The van der Waals surface area contributed by atoms with Gasteiger partial charge in [0.05, 0.1) is 12.4 Å². The van der Waals surface area contributed by atoms with Crippen LogP contribution in [-0.2, 0) is 32.0 Å². The van der Waals surface area contributed by atoms with E-state index < -0.39 is 21.5 Å². The Kier molecular flexibility index (Phi) is 8.59. The number of aromatic nitrogens is 1. The van der Waals surface area contributed by atoms with Crippen LogP contribution in [0.4, 0.5) is 5.69 Å². The zero-order chi connectivity index (χ0) is 23.0. The smallest absolute Gasteiger partial charge is 0.275 e. The summed E-state index contributed by atoms with van der Waals surface area (Å²) < 4.78 is 29.2. The average molecular weight is 515 g/mol. The van der Waals surface area contributed by atoms with Gasteiger partial charge >= 0.3 is 0 Å². The van der Waals surface area contributed by atoms with Crippen LogP contribution in [0.3, 0.4) is 0 Å². The standard InChI is InChI=1S/C18H23BrN6O5S/c1-12-6-7-15(24-31(28,29)11-13-4-2-3-5-14(13)19)17(27)25(12)10-16(26)22-8-9-30-23-18(20)21/h2-7,24H,8-11H2,1H3,(H,22,26)(H4,20,21,23). The van der Waals surface area contributed by atoms with Crippen molar-refractivity contribution in [3.8, 4) is 0 Å². The van der Waals surface area contributed by atoms with Crippen molar-refractivity contribution in [1.82, 2.24) is 15.4 Å². The molecule has 2 rings (SSSR count). The van der Waals surface area contributed by atoms with E-state index in [4.69, 9.17) is 16.0 Å². The van der Waals surface area contributed by atoms with Gasteiger partial charge in [-0.15, -0.1) is 0 Å². The molecule has 11 nitrogen and oxygen atoms in total. The molecule has 13 heteroatoms. The molecule has 0 spiro atoms. The number of aryl methyl sites for hydroxylation is 1. The largest absolute Gasteiger partial charge is 0.368 e. The van der Waals surface area contributed by atoms with E-state index in [-0.39, 0.29) is 37.1 Å². The highest BCUT2D eigenvalue weighted by Crippen LogP contribution is 2.19. The molecule has 0 aliphatic rings. The molecule has 0 aliphatic carbocycles. The molecule has 0 atom stereocenters. The molecular weight excluding hydrogens is 492 g/mol. The van der Waals surface area contributed by atoms with Crippen LogP contribution in [0, 0.1) is 12.3 Å². The van der Waals surface area contributed by atoms with Crippen molar-refractivity contribution < 1.29 is 18.0 Å². The molecule has 0 saturated carbocycles. The fourth-order valence-corrected chi connectivity index (χ4v) is 4.37.